The number of amides is 1. The molecule has 0 aliphatic carbocycles. The molecule has 3 aromatic rings. The monoisotopic (exact) mass is 521 g/mol. The van der Waals surface area contributed by atoms with Crippen LogP contribution in [0.3, 0.4) is 0 Å². The molecule has 0 heterocycles. The summed E-state index contributed by atoms with van der Waals surface area (Å²) in [5.41, 5.74) is -0.123. The van der Waals surface area contributed by atoms with Crippen LogP contribution in [-0.2, 0) is 25.0 Å². The van der Waals surface area contributed by atoms with E-state index in [4.69, 9.17) is 27.9 Å². The zero-order valence-electron chi connectivity index (χ0n) is 15.6. The van der Waals surface area contributed by atoms with Crippen molar-refractivity contribution in [3.05, 3.63) is 52.5 Å². The zero-order valence-corrected chi connectivity index (χ0v) is 18.8. The molecular weight excluding hydrogens is 509 g/mol. The number of rotatable bonds is 6. The molecule has 0 saturated carbocycles. The first-order valence-electron chi connectivity index (χ1n) is 8.40. The highest BCUT2D eigenvalue weighted by Crippen LogP contribution is 2.38. The highest BCUT2D eigenvalue weighted by Gasteiger charge is 2.23. The summed E-state index contributed by atoms with van der Waals surface area (Å²) in [5, 5.41) is 12.4. The van der Waals surface area contributed by atoms with Crippen LogP contribution in [0.15, 0.2) is 52.3 Å². The van der Waals surface area contributed by atoms with Crippen molar-refractivity contribution in [3.63, 3.8) is 0 Å². The van der Waals surface area contributed by atoms with Crippen LogP contribution >= 0.6 is 23.2 Å². The quantitative estimate of drug-likeness (QED) is 0.355. The third kappa shape index (κ3) is 5.23. The van der Waals surface area contributed by atoms with E-state index in [0.29, 0.717) is 11.1 Å². The van der Waals surface area contributed by atoms with Gasteiger partial charge in [0, 0.05) is 21.9 Å². The predicted octanol–water partition coefficient (Wildman–Crippen LogP) is 3.36. The normalized spacial score (nSPS) is 12.0. The zero-order chi connectivity index (χ0) is 23.8. The van der Waals surface area contributed by atoms with Crippen LogP contribution in [-0.4, -0.2) is 43.6 Å². The van der Waals surface area contributed by atoms with Crippen molar-refractivity contribution in [2.24, 2.45) is 0 Å². The van der Waals surface area contributed by atoms with Gasteiger partial charge in [0.1, 0.15) is 16.4 Å². The van der Waals surface area contributed by atoms with Gasteiger partial charge in [0.05, 0.1) is 15.6 Å². The maximum atomic E-state index is 12.3. The average molecular weight is 522 g/mol. The van der Waals surface area contributed by atoms with Gasteiger partial charge in [0.15, 0.2) is 6.61 Å². The summed E-state index contributed by atoms with van der Waals surface area (Å²) >= 11 is 11.7. The Hall–Kier alpha value is -2.61. The number of anilines is 1. The fraction of sp³-hybridized carbons (Fsp3) is 0.0556. The number of phenols is 1. The lowest BCUT2D eigenvalue weighted by atomic mass is 10.1. The van der Waals surface area contributed by atoms with Gasteiger partial charge in [-0.1, -0.05) is 23.2 Å². The number of aromatic hydroxyl groups is 1. The van der Waals surface area contributed by atoms with Crippen LogP contribution in [0.5, 0.6) is 11.5 Å². The Morgan fingerprint density at radius 3 is 2.25 bits per heavy atom. The predicted molar refractivity (Wildman–Crippen MR) is 116 cm³/mol. The van der Waals surface area contributed by atoms with Gasteiger partial charge in [-0.2, -0.15) is 16.8 Å². The number of ether oxygens (including phenoxy) is 1. The molecule has 3 rings (SSSR count). The van der Waals surface area contributed by atoms with E-state index in [0.717, 1.165) is 18.2 Å². The number of carbonyl (C=O) groups excluding carboxylic acids is 1. The number of halogens is 2. The second-order valence-electron chi connectivity index (χ2n) is 6.34. The van der Waals surface area contributed by atoms with Crippen molar-refractivity contribution in [1.29, 1.82) is 0 Å². The lowest BCUT2D eigenvalue weighted by Crippen LogP contribution is -2.20. The van der Waals surface area contributed by atoms with E-state index in [2.05, 4.69) is 5.32 Å². The molecular formula is C18H13Cl2NO9S2. The summed E-state index contributed by atoms with van der Waals surface area (Å²) in [5.74, 6) is -1.36. The Morgan fingerprint density at radius 1 is 0.969 bits per heavy atom. The molecule has 0 aromatic heterocycles. The number of benzene rings is 3. The number of phenolic OH excluding ortho intramolecular Hbond substituents is 1. The van der Waals surface area contributed by atoms with Crippen molar-refractivity contribution in [3.8, 4) is 11.5 Å². The van der Waals surface area contributed by atoms with Gasteiger partial charge < -0.3 is 15.2 Å². The number of hydrogen-bond donors (Lipinski definition) is 4. The van der Waals surface area contributed by atoms with Crippen molar-refractivity contribution in [2.45, 2.75) is 9.79 Å². The molecule has 0 bridgehead atoms. The van der Waals surface area contributed by atoms with E-state index < -0.39 is 53.7 Å². The van der Waals surface area contributed by atoms with Gasteiger partial charge in [-0.3, -0.25) is 13.9 Å². The molecule has 4 N–H and O–H groups in total. The number of fused-ring (bicyclic) bond motifs is 1. The molecule has 3 aromatic carbocycles. The van der Waals surface area contributed by atoms with E-state index in [9.17, 15) is 35.8 Å². The summed E-state index contributed by atoms with van der Waals surface area (Å²) in [7, 11) is -9.69. The lowest BCUT2D eigenvalue weighted by Gasteiger charge is -2.14. The fourth-order valence-electron chi connectivity index (χ4n) is 2.81. The first kappa shape index (κ1) is 24.0. The van der Waals surface area contributed by atoms with Crippen LogP contribution in [0, 0.1) is 0 Å². The maximum absolute atomic E-state index is 12.3. The second kappa shape index (κ2) is 8.73. The van der Waals surface area contributed by atoms with Crippen LogP contribution in [0.1, 0.15) is 0 Å². The fourth-order valence-corrected chi connectivity index (χ4v) is 4.48. The standard InChI is InChI=1S/C18H13Cl2NO9S2/c19-9-1-3-15(12(20)5-9)30-8-17(23)21-13-2-4-16(32(27,28)29)11-6-10(31(24,25)26)7-14(22)18(11)13/h1-7,22H,8H2,(H,21,23)(H,24,25,26)(H,27,28,29). The molecule has 170 valence electrons. The van der Waals surface area contributed by atoms with E-state index in [1.165, 1.54) is 18.2 Å². The minimum absolute atomic E-state index is 0.123. The Kier molecular flexibility index (Phi) is 6.56. The lowest BCUT2D eigenvalue weighted by molar-refractivity contribution is -0.118. The molecule has 0 aliphatic rings. The Labute approximate surface area is 191 Å². The number of nitrogens with one attached hydrogen (secondary N) is 1. The van der Waals surface area contributed by atoms with Crippen molar-refractivity contribution < 1.29 is 40.6 Å². The molecule has 0 atom stereocenters. The van der Waals surface area contributed by atoms with Crippen molar-refractivity contribution >= 4 is 65.8 Å². The smallest absolute Gasteiger partial charge is 0.295 e. The molecule has 1 amide bonds. The first-order valence-corrected chi connectivity index (χ1v) is 12.0. The minimum atomic E-state index is -4.86. The molecule has 0 saturated heterocycles. The molecule has 10 nitrogen and oxygen atoms in total. The Bertz CT molecular complexity index is 1460. The molecule has 14 heteroatoms. The molecule has 0 spiro atoms. The highest BCUT2D eigenvalue weighted by molar-refractivity contribution is 7.86. The second-order valence-corrected chi connectivity index (χ2v) is 9.99. The molecule has 32 heavy (non-hydrogen) atoms. The van der Waals surface area contributed by atoms with E-state index >= 15 is 0 Å². The largest absolute Gasteiger partial charge is 0.507 e. The van der Waals surface area contributed by atoms with Crippen LogP contribution < -0.4 is 10.1 Å². The third-order valence-electron chi connectivity index (χ3n) is 4.13. The van der Waals surface area contributed by atoms with E-state index in [1.807, 2.05) is 0 Å². The molecule has 0 fully saturated rings. The van der Waals surface area contributed by atoms with Crippen molar-refractivity contribution in [1.82, 2.24) is 0 Å². The molecule has 0 aliphatic heterocycles. The van der Waals surface area contributed by atoms with Gasteiger partial charge in [0.2, 0.25) is 0 Å². The number of hydrogen-bond acceptors (Lipinski definition) is 7. The summed E-state index contributed by atoms with van der Waals surface area (Å²) in [6.45, 7) is -0.535. The van der Waals surface area contributed by atoms with Gasteiger partial charge in [-0.05, 0) is 36.4 Å². The molecule has 0 unspecified atom stereocenters. The molecule has 0 radical (unpaired) electrons. The summed E-state index contributed by atoms with van der Waals surface area (Å²) < 4.78 is 70.3. The van der Waals surface area contributed by atoms with E-state index in [1.54, 1.807) is 0 Å². The van der Waals surface area contributed by atoms with Crippen LogP contribution in [0.4, 0.5) is 5.69 Å². The third-order valence-corrected chi connectivity index (χ3v) is 6.40. The van der Waals surface area contributed by atoms with Gasteiger partial charge in [0.25, 0.3) is 26.1 Å². The Balaban J connectivity index is 2.00. The summed E-state index contributed by atoms with van der Waals surface area (Å²) in [6.07, 6.45) is 0. The average Bonchev–Trinajstić information content (AvgIpc) is 2.65. The van der Waals surface area contributed by atoms with Crippen molar-refractivity contribution in [2.75, 3.05) is 11.9 Å². The van der Waals surface area contributed by atoms with Gasteiger partial charge >= 0.3 is 0 Å². The number of carbonyl (C=O) groups is 1. The van der Waals surface area contributed by atoms with Gasteiger partial charge in [-0.15, -0.1) is 0 Å². The summed E-state index contributed by atoms with van der Waals surface area (Å²) in [4.78, 5) is 10.8. The summed E-state index contributed by atoms with van der Waals surface area (Å²) in [6, 6.07) is 7.69. The van der Waals surface area contributed by atoms with Gasteiger partial charge in [-0.25, -0.2) is 0 Å². The van der Waals surface area contributed by atoms with Crippen LogP contribution in [0.2, 0.25) is 10.0 Å². The topological polar surface area (TPSA) is 167 Å². The first-order chi connectivity index (χ1) is 14.8. The maximum Gasteiger partial charge on any atom is 0.295 e. The highest BCUT2D eigenvalue weighted by atomic mass is 35.5. The van der Waals surface area contributed by atoms with E-state index in [-0.39, 0.29) is 21.8 Å². The minimum Gasteiger partial charge on any atom is -0.507 e. The SMILES string of the molecule is O=C(COc1ccc(Cl)cc1Cl)Nc1ccc(S(=O)(=O)O)c2cc(S(=O)(=O)O)cc(O)c12. The Morgan fingerprint density at radius 2 is 1.66 bits per heavy atom. The van der Waals surface area contributed by atoms with Crippen LogP contribution in [0.25, 0.3) is 10.8 Å².